The second kappa shape index (κ2) is 10.7. The third-order valence-electron chi connectivity index (χ3n) is 5.60. The fourth-order valence-corrected chi connectivity index (χ4v) is 3.80. The number of rotatable bonds is 7. The van der Waals surface area contributed by atoms with Crippen molar-refractivity contribution in [3.63, 3.8) is 0 Å². The second-order valence-corrected chi connectivity index (χ2v) is 9.32. The molecule has 1 saturated heterocycles. The number of hydrogen-bond donors (Lipinski definition) is 0. The molecule has 0 aliphatic carbocycles. The zero-order valence-electron chi connectivity index (χ0n) is 19.5. The molecule has 2 heterocycles. The molecule has 1 fully saturated rings. The van der Waals surface area contributed by atoms with Gasteiger partial charge in [0.05, 0.1) is 25.8 Å². The fraction of sp³-hybridized carbons (Fsp3) is 0.625. The number of ether oxygens (including phenoxy) is 3. The molecule has 0 N–H and O–H groups in total. The summed E-state index contributed by atoms with van der Waals surface area (Å²) in [6.07, 6.45) is 3.18. The minimum atomic E-state index is -0.459. The number of piperidine rings is 1. The van der Waals surface area contributed by atoms with Crippen LogP contribution in [0.3, 0.4) is 0 Å². The Kier molecular flexibility index (Phi) is 7.99. The van der Waals surface area contributed by atoms with Crippen molar-refractivity contribution in [2.24, 2.45) is 11.1 Å². The van der Waals surface area contributed by atoms with Gasteiger partial charge in [0, 0.05) is 19.5 Å². The lowest BCUT2D eigenvalue weighted by atomic mass is 9.94. The molecule has 2 aliphatic heterocycles. The molecule has 8 heteroatoms. The normalized spacial score (nSPS) is 19.2. The lowest BCUT2D eigenvalue weighted by Crippen LogP contribution is -2.41. The molecule has 1 aromatic rings. The molecular weight excluding hydrogens is 412 g/mol. The van der Waals surface area contributed by atoms with Crippen LogP contribution >= 0.6 is 0 Å². The van der Waals surface area contributed by atoms with Crippen molar-refractivity contribution in [3.8, 4) is 5.75 Å². The molecule has 0 bridgehead atoms. The molecule has 176 valence electrons. The number of nitrogens with zero attached hydrogens (tertiary/aromatic N) is 2. The number of esters is 1. The van der Waals surface area contributed by atoms with E-state index in [1.54, 1.807) is 4.90 Å². The van der Waals surface area contributed by atoms with Crippen LogP contribution in [0.1, 0.15) is 58.4 Å². The summed E-state index contributed by atoms with van der Waals surface area (Å²) in [6.45, 7) is 7.77. The number of hydrogen-bond acceptors (Lipinski definition) is 7. The van der Waals surface area contributed by atoms with Crippen LogP contribution in [0.25, 0.3) is 0 Å². The minimum Gasteiger partial charge on any atom is -0.494 e. The SMILES string of the molecule is COC(=O)C[C@H]1CC(c2ccc(OCCC3CCN(C(=O)OC(C)(C)C)CC3)cc2)=NO1. The minimum absolute atomic E-state index is 0.196. The van der Waals surface area contributed by atoms with Crippen LogP contribution < -0.4 is 4.74 Å². The van der Waals surface area contributed by atoms with Crippen LogP contribution in [0.2, 0.25) is 0 Å². The highest BCUT2D eigenvalue weighted by Gasteiger charge is 2.27. The topological polar surface area (TPSA) is 86.7 Å². The van der Waals surface area contributed by atoms with E-state index >= 15 is 0 Å². The summed E-state index contributed by atoms with van der Waals surface area (Å²) in [5.74, 6) is 1.06. The fourth-order valence-electron chi connectivity index (χ4n) is 3.80. The monoisotopic (exact) mass is 446 g/mol. The number of carbonyl (C=O) groups excluding carboxylic acids is 2. The Morgan fingerprint density at radius 1 is 1.16 bits per heavy atom. The van der Waals surface area contributed by atoms with Crippen molar-refractivity contribution in [1.82, 2.24) is 4.90 Å². The van der Waals surface area contributed by atoms with E-state index in [9.17, 15) is 9.59 Å². The van der Waals surface area contributed by atoms with Gasteiger partial charge >= 0.3 is 12.1 Å². The number of likely N-dealkylation sites (tertiary alicyclic amines) is 1. The summed E-state index contributed by atoms with van der Waals surface area (Å²) in [5.41, 5.74) is 1.32. The van der Waals surface area contributed by atoms with Crippen molar-refractivity contribution in [2.45, 2.75) is 64.6 Å². The van der Waals surface area contributed by atoms with E-state index in [4.69, 9.17) is 14.3 Å². The van der Waals surface area contributed by atoms with Crippen molar-refractivity contribution < 1.29 is 28.6 Å². The zero-order chi connectivity index (χ0) is 23.1. The van der Waals surface area contributed by atoms with E-state index < -0.39 is 5.60 Å². The molecule has 8 nitrogen and oxygen atoms in total. The number of carbonyl (C=O) groups is 2. The molecule has 1 amide bonds. The molecule has 0 aromatic heterocycles. The molecule has 3 rings (SSSR count). The van der Waals surface area contributed by atoms with Crippen LogP contribution in [-0.4, -0.2) is 61.2 Å². The maximum atomic E-state index is 12.2. The van der Waals surface area contributed by atoms with Crippen molar-refractivity contribution in [3.05, 3.63) is 29.8 Å². The van der Waals surface area contributed by atoms with Gasteiger partial charge in [-0.1, -0.05) is 5.16 Å². The van der Waals surface area contributed by atoms with Gasteiger partial charge in [-0.15, -0.1) is 0 Å². The third-order valence-corrected chi connectivity index (χ3v) is 5.60. The van der Waals surface area contributed by atoms with Crippen LogP contribution in [0, 0.1) is 5.92 Å². The molecule has 0 spiro atoms. The van der Waals surface area contributed by atoms with Gasteiger partial charge in [0.25, 0.3) is 0 Å². The van der Waals surface area contributed by atoms with Crippen molar-refractivity contribution >= 4 is 17.8 Å². The highest BCUT2D eigenvalue weighted by molar-refractivity contribution is 6.01. The maximum Gasteiger partial charge on any atom is 0.410 e. The standard InChI is InChI=1S/C24H34N2O6/c1-24(2,3)31-23(28)26-12-9-17(10-13-26)11-14-30-19-7-5-18(6-8-19)21-15-20(32-25-21)16-22(27)29-4/h5-8,17,20H,9-16H2,1-4H3/t20-/m1/s1. The lowest BCUT2D eigenvalue weighted by Gasteiger charge is -2.33. The molecule has 2 aliphatic rings. The molecule has 0 saturated carbocycles. The molecule has 32 heavy (non-hydrogen) atoms. The first-order chi connectivity index (χ1) is 15.2. The summed E-state index contributed by atoms with van der Waals surface area (Å²) in [5, 5.41) is 4.10. The molecule has 0 unspecified atom stereocenters. The second-order valence-electron chi connectivity index (χ2n) is 9.32. The Morgan fingerprint density at radius 3 is 2.47 bits per heavy atom. The lowest BCUT2D eigenvalue weighted by molar-refractivity contribution is -0.143. The van der Waals surface area contributed by atoms with E-state index in [1.807, 2.05) is 45.0 Å². The first kappa shape index (κ1) is 23.9. The highest BCUT2D eigenvalue weighted by atomic mass is 16.6. The molecule has 0 radical (unpaired) electrons. The number of amides is 1. The largest absolute Gasteiger partial charge is 0.494 e. The van der Waals surface area contributed by atoms with E-state index in [0.717, 1.165) is 49.4 Å². The number of oxime groups is 1. The van der Waals surface area contributed by atoms with E-state index in [1.165, 1.54) is 7.11 Å². The van der Waals surface area contributed by atoms with Gasteiger partial charge in [-0.2, -0.15) is 0 Å². The van der Waals surface area contributed by atoms with Crippen LogP contribution in [-0.2, 0) is 19.1 Å². The predicted molar refractivity (Wildman–Crippen MR) is 120 cm³/mol. The van der Waals surface area contributed by atoms with Gasteiger partial charge in [-0.3, -0.25) is 4.79 Å². The van der Waals surface area contributed by atoms with E-state index in [2.05, 4.69) is 9.89 Å². The number of benzene rings is 1. The number of methoxy groups -OCH3 is 1. The Morgan fingerprint density at radius 2 is 1.84 bits per heavy atom. The Labute approximate surface area is 189 Å². The van der Waals surface area contributed by atoms with Gasteiger partial charge in [-0.25, -0.2) is 4.79 Å². The first-order valence-electron chi connectivity index (χ1n) is 11.2. The van der Waals surface area contributed by atoms with Crippen LogP contribution in [0.15, 0.2) is 29.4 Å². The Bertz CT molecular complexity index is 807. The Balaban J connectivity index is 1.36. The quantitative estimate of drug-likeness (QED) is 0.585. The molecular formula is C24H34N2O6. The van der Waals surface area contributed by atoms with Crippen LogP contribution in [0.4, 0.5) is 4.79 Å². The molecule has 1 atom stereocenters. The van der Waals surface area contributed by atoms with Gasteiger partial charge < -0.3 is 23.9 Å². The average molecular weight is 447 g/mol. The van der Waals surface area contributed by atoms with Crippen molar-refractivity contribution in [2.75, 3.05) is 26.8 Å². The summed E-state index contributed by atoms with van der Waals surface area (Å²) < 4.78 is 16.0. The maximum absolute atomic E-state index is 12.2. The smallest absolute Gasteiger partial charge is 0.410 e. The van der Waals surface area contributed by atoms with E-state index in [0.29, 0.717) is 18.9 Å². The van der Waals surface area contributed by atoms with Gasteiger partial charge in [0.1, 0.15) is 17.5 Å². The predicted octanol–water partition coefficient (Wildman–Crippen LogP) is 4.16. The summed E-state index contributed by atoms with van der Waals surface area (Å²) in [4.78, 5) is 30.7. The van der Waals surface area contributed by atoms with Gasteiger partial charge in [0.2, 0.25) is 0 Å². The van der Waals surface area contributed by atoms with Crippen molar-refractivity contribution in [1.29, 1.82) is 0 Å². The molecule has 1 aromatic carbocycles. The third kappa shape index (κ3) is 7.14. The average Bonchev–Trinajstić information content (AvgIpc) is 3.22. The Hall–Kier alpha value is -2.77. The summed E-state index contributed by atoms with van der Waals surface area (Å²) >= 11 is 0. The summed E-state index contributed by atoms with van der Waals surface area (Å²) in [7, 11) is 1.37. The van der Waals surface area contributed by atoms with Gasteiger partial charge in [-0.05, 0) is 75.8 Å². The van der Waals surface area contributed by atoms with Gasteiger partial charge in [0.15, 0.2) is 0 Å². The van der Waals surface area contributed by atoms with E-state index in [-0.39, 0.29) is 24.6 Å². The highest BCUT2D eigenvalue weighted by Crippen LogP contribution is 2.24. The summed E-state index contributed by atoms with van der Waals surface area (Å²) in [6, 6.07) is 7.77. The van der Waals surface area contributed by atoms with Crippen LogP contribution in [0.5, 0.6) is 5.75 Å². The zero-order valence-corrected chi connectivity index (χ0v) is 19.5. The first-order valence-corrected chi connectivity index (χ1v) is 11.2.